The molecule has 0 saturated heterocycles. The Labute approximate surface area is 120 Å². The van der Waals surface area contributed by atoms with Crippen molar-refractivity contribution in [3.63, 3.8) is 0 Å². The highest BCUT2D eigenvalue weighted by molar-refractivity contribution is 5.99. The maximum Gasteiger partial charge on any atom is 0.306 e. The highest BCUT2D eigenvalue weighted by atomic mass is 16.4. The molecule has 20 heavy (non-hydrogen) atoms. The maximum atomic E-state index is 12.7. The summed E-state index contributed by atoms with van der Waals surface area (Å²) in [7, 11) is 0. The van der Waals surface area contributed by atoms with Crippen molar-refractivity contribution in [2.24, 2.45) is 11.8 Å². The molecule has 0 radical (unpaired) electrons. The van der Waals surface area contributed by atoms with Gasteiger partial charge in [0.1, 0.15) is 0 Å². The highest BCUT2D eigenvalue weighted by Gasteiger charge is 2.31. The summed E-state index contributed by atoms with van der Waals surface area (Å²) < 4.78 is 0. The van der Waals surface area contributed by atoms with Gasteiger partial charge in [0, 0.05) is 11.5 Å². The van der Waals surface area contributed by atoms with Crippen molar-refractivity contribution in [2.75, 3.05) is 0 Å². The molecule has 1 aromatic rings. The molecule has 0 atom stereocenters. The van der Waals surface area contributed by atoms with Gasteiger partial charge in [0.25, 0.3) is 0 Å². The lowest BCUT2D eigenvalue weighted by Gasteiger charge is -2.26. The summed E-state index contributed by atoms with van der Waals surface area (Å²) >= 11 is 0. The monoisotopic (exact) mass is 274 g/mol. The van der Waals surface area contributed by atoms with Crippen molar-refractivity contribution in [3.05, 3.63) is 35.4 Å². The minimum Gasteiger partial charge on any atom is -0.481 e. The van der Waals surface area contributed by atoms with E-state index in [0.29, 0.717) is 31.6 Å². The van der Waals surface area contributed by atoms with Crippen LogP contribution >= 0.6 is 0 Å². The Bertz CT molecular complexity index is 497. The quantitative estimate of drug-likeness (QED) is 0.848. The Morgan fingerprint density at radius 3 is 2.15 bits per heavy atom. The van der Waals surface area contributed by atoms with E-state index in [4.69, 9.17) is 5.11 Å². The average molecular weight is 274 g/mol. The molecule has 1 saturated carbocycles. The fraction of sp³-hybridized carbons (Fsp3) is 0.529. The van der Waals surface area contributed by atoms with Gasteiger partial charge in [0.15, 0.2) is 5.78 Å². The van der Waals surface area contributed by atoms with Crippen molar-refractivity contribution in [2.45, 2.75) is 45.4 Å². The van der Waals surface area contributed by atoms with Crippen LogP contribution in [0.1, 0.15) is 61.4 Å². The Balaban J connectivity index is 2.11. The third kappa shape index (κ3) is 3.09. The van der Waals surface area contributed by atoms with Gasteiger partial charge in [-0.2, -0.15) is 0 Å². The van der Waals surface area contributed by atoms with E-state index < -0.39 is 5.97 Å². The van der Waals surface area contributed by atoms with Crippen LogP contribution in [0, 0.1) is 11.8 Å². The Morgan fingerprint density at radius 2 is 1.60 bits per heavy atom. The third-order valence-electron chi connectivity index (χ3n) is 4.30. The summed E-state index contributed by atoms with van der Waals surface area (Å²) in [6.45, 7) is 4.18. The number of rotatable bonds is 4. The van der Waals surface area contributed by atoms with Gasteiger partial charge in [0.2, 0.25) is 0 Å². The van der Waals surface area contributed by atoms with E-state index in [1.807, 2.05) is 24.3 Å². The van der Waals surface area contributed by atoms with E-state index in [1.165, 1.54) is 0 Å². The second-order valence-corrected chi connectivity index (χ2v) is 5.99. The number of carboxylic acids is 1. The minimum atomic E-state index is -0.724. The zero-order chi connectivity index (χ0) is 14.7. The second kappa shape index (κ2) is 6.21. The first-order chi connectivity index (χ1) is 9.50. The van der Waals surface area contributed by atoms with Gasteiger partial charge < -0.3 is 5.11 Å². The molecule has 0 aromatic heterocycles. The van der Waals surface area contributed by atoms with Crippen LogP contribution in [-0.2, 0) is 4.79 Å². The maximum absolute atomic E-state index is 12.7. The topological polar surface area (TPSA) is 54.4 Å². The minimum absolute atomic E-state index is 0.00880. The van der Waals surface area contributed by atoms with Gasteiger partial charge in [-0.05, 0) is 37.2 Å². The van der Waals surface area contributed by atoms with Gasteiger partial charge in [-0.1, -0.05) is 38.1 Å². The lowest BCUT2D eigenvalue weighted by Crippen LogP contribution is -2.26. The number of Topliss-reactive ketones (excluding diaryl/α,β-unsaturated/α-hetero) is 1. The van der Waals surface area contributed by atoms with Crippen LogP contribution in [0.3, 0.4) is 0 Å². The van der Waals surface area contributed by atoms with Crippen LogP contribution in [0.5, 0.6) is 0 Å². The molecule has 0 amide bonds. The Morgan fingerprint density at radius 1 is 1.05 bits per heavy atom. The van der Waals surface area contributed by atoms with Crippen LogP contribution in [0.25, 0.3) is 0 Å². The number of aliphatic carboxylic acids is 1. The molecule has 1 aliphatic rings. The van der Waals surface area contributed by atoms with Crippen molar-refractivity contribution in [1.29, 1.82) is 0 Å². The van der Waals surface area contributed by atoms with Crippen molar-refractivity contribution in [3.8, 4) is 0 Å². The zero-order valence-electron chi connectivity index (χ0n) is 12.1. The van der Waals surface area contributed by atoms with Crippen molar-refractivity contribution in [1.82, 2.24) is 0 Å². The highest BCUT2D eigenvalue weighted by Crippen LogP contribution is 2.32. The predicted molar refractivity (Wildman–Crippen MR) is 77.9 cm³/mol. The summed E-state index contributed by atoms with van der Waals surface area (Å²) in [5, 5.41) is 9.01. The van der Waals surface area contributed by atoms with Crippen LogP contribution in [0.2, 0.25) is 0 Å². The third-order valence-corrected chi connectivity index (χ3v) is 4.30. The van der Waals surface area contributed by atoms with Gasteiger partial charge in [-0.3, -0.25) is 9.59 Å². The number of hydrogen-bond acceptors (Lipinski definition) is 2. The van der Waals surface area contributed by atoms with Crippen molar-refractivity contribution < 1.29 is 14.7 Å². The van der Waals surface area contributed by atoms with Crippen molar-refractivity contribution >= 4 is 11.8 Å². The van der Waals surface area contributed by atoms with E-state index in [2.05, 4.69) is 13.8 Å². The largest absolute Gasteiger partial charge is 0.481 e. The molecule has 2 rings (SSSR count). The smallest absolute Gasteiger partial charge is 0.306 e. The SMILES string of the molecule is CC(C)c1ccccc1C(=O)C1CCC(C(=O)O)CC1. The Hall–Kier alpha value is -1.64. The average Bonchev–Trinajstić information content (AvgIpc) is 2.46. The predicted octanol–water partition coefficient (Wildman–Crippen LogP) is 3.88. The summed E-state index contributed by atoms with van der Waals surface area (Å²) in [6, 6.07) is 7.79. The van der Waals surface area contributed by atoms with Crippen LogP contribution in [0.15, 0.2) is 24.3 Å². The molecule has 0 unspecified atom stereocenters. The number of carboxylic acid groups (broad SMARTS) is 1. The summed E-state index contributed by atoms with van der Waals surface area (Å²) in [5.41, 5.74) is 1.92. The number of ketones is 1. The number of carbonyl (C=O) groups excluding carboxylic acids is 1. The molecular weight excluding hydrogens is 252 g/mol. The standard InChI is InChI=1S/C17H22O3/c1-11(2)14-5-3-4-6-15(14)16(18)12-7-9-13(10-8-12)17(19)20/h3-6,11-13H,7-10H2,1-2H3,(H,19,20). The van der Waals surface area contributed by atoms with Crippen LogP contribution in [-0.4, -0.2) is 16.9 Å². The molecule has 1 aromatic carbocycles. The first kappa shape index (κ1) is 14.8. The molecule has 0 aliphatic heterocycles. The molecule has 1 N–H and O–H groups in total. The Kier molecular flexibility index (Phi) is 4.58. The van der Waals surface area contributed by atoms with Gasteiger partial charge in [-0.25, -0.2) is 0 Å². The molecule has 0 heterocycles. The molecule has 0 spiro atoms. The summed E-state index contributed by atoms with van der Waals surface area (Å²) in [6.07, 6.45) is 2.63. The number of carbonyl (C=O) groups is 2. The summed E-state index contributed by atoms with van der Waals surface area (Å²) in [4.78, 5) is 23.6. The second-order valence-electron chi connectivity index (χ2n) is 5.99. The van der Waals surface area contributed by atoms with Gasteiger partial charge in [0.05, 0.1) is 5.92 Å². The first-order valence-electron chi connectivity index (χ1n) is 7.36. The number of hydrogen-bond donors (Lipinski definition) is 1. The van der Waals surface area contributed by atoms with E-state index in [9.17, 15) is 9.59 Å². The molecule has 3 nitrogen and oxygen atoms in total. The first-order valence-corrected chi connectivity index (χ1v) is 7.36. The molecule has 3 heteroatoms. The molecular formula is C17H22O3. The molecule has 1 fully saturated rings. The van der Waals surface area contributed by atoms with E-state index in [-0.39, 0.29) is 17.6 Å². The van der Waals surface area contributed by atoms with Crippen LogP contribution < -0.4 is 0 Å². The normalized spacial score (nSPS) is 22.8. The van der Waals surface area contributed by atoms with Gasteiger partial charge >= 0.3 is 5.97 Å². The number of benzene rings is 1. The van der Waals surface area contributed by atoms with Gasteiger partial charge in [-0.15, -0.1) is 0 Å². The van der Waals surface area contributed by atoms with E-state index in [1.54, 1.807) is 0 Å². The summed E-state index contributed by atoms with van der Waals surface area (Å²) in [5.74, 6) is -0.480. The van der Waals surface area contributed by atoms with E-state index in [0.717, 1.165) is 11.1 Å². The zero-order valence-corrected chi connectivity index (χ0v) is 12.1. The van der Waals surface area contributed by atoms with E-state index >= 15 is 0 Å². The fourth-order valence-corrected chi connectivity index (χ4v) is 3.05. The lowest BCUT2D eigenvalue weighted by molar-refractivity contribution is -0.143. The fourth-order valence-electron chi connectivity index (χ4n) is 3.05. The molecule has 1 aliphatic carbocycles. The molecule has 108 valence electrons. The lowest BCUT2D eigenvalue weighted by atomic mass is 9.77. The van der Waals surface area contributed by atoms with Crippen LogP contribution in [0.4, 0.5) is 0 Å². The molecule has 0 bridgehead atoms.